The van der Waals surface area contributed by atoms with E-state index in [-0.39, 0.29) is 30.4 Å². The molecule has 0 aromatic rings. The molecule has 1 heterocycles. The fraction of sp³-hybridized carbons (Fsp3) is 0.600. The van der Waals surface area contributed by atoms with E-state index in [4.69, 9.17) is 5.11 Å². The van der Waals surface area contributed by atoms with Crippen LogP contribution in [0.2, 0.25) is 0 Å². The molecule has 1 aliphatic heterocycles. The highest BCUT2D eigenvalue weighted by Gasteiger charge is 2.38. The number of hydrogen-bond donors (Lipinski definition) is 1. The van der Waals surface area contributed by atoms with Crippen LogP contribution in [-0.2, 0) is 9.59 Å². The molecule has 2 unspecified atom stereocenters. The van der Waals surface area contributed by atoms with Gasteiger partial charge in [0, 0.05) is 30.7 Å². The van der Waals surface area contributed by atoms with Crippen LogP contribution >= 0.6 is 0 Å². The minimum atomic E-state index is -0.236. The van der Waals surface area contributed by atoms with E-state index in [0.29, 0.717) is 0 Å². The summed E-state index contributed by atoms with van der Waals surface area (Å²) in [5.74, 6) is -0.400. The number of amides is 2. The number of imide groups is 1. The van der Waals surface area contributed by atoms with E-state index in [0.717, 1.165) is 19.3 Å². The maximum Gasteiger partial charge on any atom is 0.253 e. The van der Waals surface area contributed by atoms with E-state index in [9.17, 15) is 9.59 Å². The highest BCUT2D eigenvalue weighted by Crippen LogP contribution is 2.31. The Morgan fingerprint density at radius 1 is 1.29 bits per heavy atom. The summed E-state index contributed by atoms with van der Waals surface area (Å²) in [6.07, 6.45) is 5.31. The Hall–Kier alpha value is -1.16. The van der Waals surface area contributed by atoms with Gasteiger partial charge in [0.15, 0.2) is 0 Å². The first kappa shape index (κ1) is 9.40. The number of carbonyl (C=O) groups is 2. The third-order valence-electron chi connectivity index (χ3n) is 3.03. The van der Waals surface area contributed by atoms with Crippen molar-refractivity contribution in [2.75, 3.05) is 6.61 Å². The van der Waals surface area contributed by atoms with Crippen LogP contribution < -0.4 is 0 Å². The molecule has 0 radical (unpaired) electrons. The Morgan fingerprint density at radius 3 is 2.50 bits per heavy atom. The normalized spacial score (nSPS) is 31.9. The van der Waals surface area contributed by atoms with Gasteiger partial charge in [0.05, 0.1) is 0 Å². The van der Waals surface area contributed by atoms with Crippen LogP contribution in [0.3, 0.4) is 0 Å². The van der Waals surface area contributed by atoms with Crippen LogP contribution in [0.25, 0.3) is 0 Å². The average molecular weight is 195 g/mol. The van der Waals surface area contributed by atoms with Crippen molar-refractivity contribution in [2.45, 2.75) is 25.3 Å². The lowest BCUT2D eigenvalue weighted by Crippen LogP contribution is -2.43. The third-order valence-corrected chi connectivity index (χ3v) is 3.03. The fourth-order valence-corrected chi connectivity index (χ4v) is 2.31. The summed E-state index contributed by atoms with van der Waals surface area (Å²) in [5, 5.41) is 9.10. The molecule has 2 amide bonds. The second kappa shape index (κ2) is 3.53. The number of rotatable bonds is 2. The molecule has 2 atom stereocenters. The fourth-order valence-electron chi connectivity index (χ4n) is 2.31. The summed E-state index contributed by atoms with van der Waals surface area (Å²) in [5.41, 5.74) is 0. The summed E-state index contributed by atoms with van der Waals surface area (Å²) in [4.78, 5) is 24.0. The highest BCUT2D eigenvalue weighted by molar-refractivity contribution is 6.13. The second-order valence-corrected chi connectivity index (χ2v) is 3.82. The van der Waals surface area contributed by atoms with Gasteiger partial charge >= 0.3 is 0 Å². The molecule has 0 aromatic heterocycles. The van der Waals surface area contributed by atoms with Crippen LogP contribution in [0.4, 0.5) is 0 Å². The molecule has 76 valence electrons. The van der Waals surface area contributed by atoms with Gasteiger partial charge in [-0.15, -0.1) is 0 Å². The first-order valence-electron chi connectivity index (χ1n) is 4.90. The minimum absolute atomic E-state index is 0.0573. The Kier molecular flexibility index (Phi) is 2.37. The molecule has 4 heteroatoms. The zero-order valence-electron chi connectivity index (χ0n) is 7.85. The van der Waals surface area contributed by atoms with Crippen LogP contribution in [0.1, 0.15) is 19.3 Å². The predicted molar refractivity (Wildman–Crippen MR) is 49.2 cm³/mol. The number of carbonyl (C=O) groups excluding carboxylic acids is 2. The van der Waals surface area contributed by atoms with E-state index in [1.165, 1.54) is 17.1 Å². The van der Waals surface area contributed by atoms with Gasteiger partial charge < -0.3 is 5.11 Å². The molecular formula is C10H13NO3. The van der Waals surface area contributed by atoms with Crippen LogP contribution in [0.15, 0.2) is 12.2 Å². The summed E-state index contributed by atoms with van der Waals surface area (Å²) < 4.78 is 0. The smallest absolute Gasteiger partial charge is 0.253 e. The van der Waals surface area contributed by atoms with Crippen molar-refractivity contribution in [1.29, 1.82) is 0 Å². The van der Waals surface area contributed by atoms with E-state index in [2.05, 4.69) is 0 Å². The van der Waals surface area contributed by atoms with E-state index >= 15 is 0 Å². The lowest BCUT2D eigenvalue weighted by Gasteiger charge is -2.26. The van der Waals surface area contributed by atoms with Crippen LogP contribution in [-0.4, -0.2) is 34.5 Å². The van der Waals surface area contributed by atoms with Crippen LogP contribution in [0, 0.1) is 5.92 Å². The molecular weight excluding hydrogens is 182 g/mol. The van der Waals surface area contributed by atoms with E-state index in [1.54, 1.807) is 0 Å². The second-order valence-electron chi connectivity index (χ2n) is 3.82. The summed E-state index contributed by atoms with van der Waals surface area (Å²) in [6.45, 7) is 0.0573. The molecule has 0 spiro atoms. The molecule has 0 saturated heterocycles. The van der Waals surface area contributed by atoms with Gasteiger partial charge in [-0.05, 0) is 12.8 Å². The zero-order chi connectivity index (χ0) is 10.1. The lowest BCUT2D eigenvalue weighted by atomic mass is 10.0. The Labute approximate surface area is 82.2 Å². The number of aliphatic hydroxyl groups is 1. The number of nitrogens with zero attached hydrogens (tertiary/aromatic N) is 1. The molecule has 1 saturated carbocycles. The number of hydrogen-bond acceptors (Lipinski definition) is 3. The molecule has 4 nitrogen and oxygen atoms in total. The van der Waals surface area contributed by atoms with Gasteiger partial charge in [-0.2, -0.15) is 0 Å². The Balaban J connectivity index is 2.14. The summed E-state index contributed by atoms with van der Waals surface area (Å²) >= 11 is 0. The van der Waals surface area contributed by atoms with Gasteiger partial charge in [-0.1, -0.05) is 6.42 Å². The zero-order valence-corrected chi connectivity index (χ0v) is 7.85. The minimum Gasteiger partial charge on any atom is -0.396 e. The molecule has 1 fully saturated rings. The third kappa shape index (κ3) is 1.35. The average Bonchev–Trinajstić information content (AvgIpc) is 2.73. The standard InChI is InChI=1S/C10H13NO3/c12-6-7-2-1-3-8(7)11-9(13)4-5-10(11)14/h4-5,7-8,12H,1-3,6H2. The first-order chi connectivity index (χ1) is 6.74. The topological polar surface area (TPSA) is 57.6 Å². The molecule has 14 heavy (non-hydrogen) atoms. The van der Waals surface area contributed by atoms with Gasteiger partial charge in [0.2, 0.25) is 0 Å². The SMILES string of the molecule is O=C1C=CC(=O)N1C1CCCC1CO. The maximum atomic E-state index is 11.4. The molecule has 2 aliphatic rings. The molecule has 2 rings (SSSR count). The molecule has 0 bridgehead atoms. The Morgan fingerprint density at radius 2 is 1.93 bits per heavy atom. The van der Waals surface area contributed by atoms with Gasteiger partial charge in [-0.3, -0.25) is 14.5 Å². The predicted octanol–water partition coefficient (Wildman–Crippen LogP) is 0.0724. The molecule has 1 aliphatic carbocycles. The largest absolute Gasteiger partial charge is 0.396 e. The van der Waals surface area contributed by atoms with Crippen molar-refractivity contribution >= 4 is 11.8 Å². The first-order valence-corrected chi connectivity index (χ1v) is 4.90. The van der Waals surface area contributed by atoms with Gasteiger partial charge in [0.25, 0.3) is 11.8 Å². The van der Waals surface area contributed by atoms with Crippen LogP contribution in [0.5, 0.6) is 0 Å². The number of aliphatic hydroxyl groups excluding tert-OH is 1. The van der Waals surface area contributed by atoms with Crippen molar-refractivity contribution in [2.24, 2.45) is 5.92 Å². The summed E-state index contributed by atoms with van der Waals surface area (Å²) in [7, 11) is 0. The lowest BCUT2D eigenvalue weighted by molar-refractivity contribution is -0.140. The van der Waals surface area contributed by atoms with Gasteiger partial charge in [0.1, 0.15) is 0 Å². The van der Waals surface area contributed by atoms with Crippen molar-refractivity contribution in [1.82, 2.24) is 4.90 Å². The van der Waals surface area contributed by atoms with Crippen molar-refractivity contribution in [3.63, 3.8) is 0 Å². The quantitative estimate of drug-likeness (QED) is 0.634. The Bertz CT molecular complexity index is 280. The van der Waals surface area contributed by atoms with Crippen molar-refractivity contribution < 1.29 is 14.7 Å². The maximum absolute atomic E-state index is 11.4. The van der Waals surface area contributed by atoms with Crippen molar-refractivity contribution in [3.05, 3.63) is 12.2 Å². The summed E-state index contributed by atoms with van der Waals surface area (Å²) in [6, 6.07) is -0.0880. The monoisotopic (exact) mass is 195 g/mol. The van der Waals surface area contributed by atoms with Crippen molar-refractivity contribution in [3.8, 4) is 0 Å². The highest BCUT2D eigenvalue weighted by atomic mass is 16.3. The van der Waals surface area contributed by atoms with E-state index < -0.39 is 0 Å². The molecule has 1 N–H and O–H groups in total. The van der Waals surface area contributed by atoms with E-state index in [1.807, 2.05) is 0 Å². The van der Waals surface area contributed by atoms with Gasteiger partial charge in [-0.25, -0.2) is 0 Å². The molecule has 0 aromatic carbocycles.